The first kappa shape index (κ1) is 12.8. The van der Waals surface area contributed by atoms with Crippen molar-refractivity contribution in [3.63, 3.8) is 0 Å². The lowest BCUT2D eigenvalue weighted by Crippen LogP contribution is -2.36. The summed E-state index contributed by atoms with van der Waals surface area (Å²) in [6.45, 7) is 5.06. The summed E-state index contributed by atoms with van der Waals surface area (Å²) >= 11 is 0. The highest BCUT2D eigenvalue weighted by Crippen LogP contribution is 2.43. The molecule has 0 N–H and O–H groups in total. The number of fused-ring (bicyclic) bond motifs is 2. The van der Waals surface area contributed by atoms with Gasteiger partial charge in [-0.05, 0) is 28.7 Å². The van der Waals surface area contributed by atoms with Crippen LogP contribution in [-0.4, -0.2) is 8.07 Å². The van der Waals surface area contributed by atoms with E-state index in [-0.39, 0.29) is 0 Å². The molecule has 4 rings (SSSR count). The Morgan fingerprint density at radius 2 is 1.62 bits per heavy atom. The molecule has 2 aliphatic carbocycles. The first-order valence-corrected chi connectivity index (χ1v) is 10.8. The van der Waals surface area contributed by atoms with E-state index in [1.54, 1.807) is 5.20 Å². The predicted octanol–water partition coefficient (Wildman–Crippen LogP) is 5.22. The summed E-state index contributed by atoms with van der Waals surface area (Å²) in [5.41, 5.74) is 6.51. The fourth-order valence-corrected chi connectivity index (χ4v) is 6.96. The molecule has 0 spiro atoms. The van der Waals surface area contributed by atoms with Crippen LogP contribution < -0.4 is 0 Å². The summed E-state index contributed by atoms with van der Waals surface area (Å²) in [6, 6.07) is 17.7. The predicted molar refractivity (Wildman–Crippen MR) is 93.8 cm³/mol. The highest BCUT2D eigenvalue weighted by Gasteiger charge is 2.38. The van der Waals surface area contributed by atoms with Crippen LogP contribution in [0.1, 0.15) is 27.8 Å². The third kappa shape index (κ3) is 1.96. The lowest BCUT2D eigenvalue weighted by atomic mass is 10.1. The Hall–Kier alpha value is -1.86. The van der Waals surface area contributed by atoms with Gasteiger partial charge in [-0.3, -0.25) is 0 Å². The minimum atomic E-state index is -1.51. The fraction of sp³-hybridized carbons (Fsp3) is 0.200. The maximum absolute atomic E-state index is 2.53. The molecule has 0 radical (unpaired) electrons. The third-order valence-corrected chi connectivity index (χ3v) is 9.21. The summed E-state index contributed by atoms with van der Waals surface area (Å²) in [5, 5.41) is 1.69. The van der Waals surface area contributed by atoms with E-state index < -0.39 is 8.07 Å². The molecule has 0 aliphatic heterocycles. The Kier molecular flexibility index (Phi) is 2.80. The summed E-state index contributed by atoms with van der Waals surface area (Å²) in [7, 11) is -1.51. The van der Waals surface area contributed by atoms with Crippen molar-refractivity contribution in [1.82, 2.24) is 0 Å². The zero-order chi connectivity index (χ0) is 14.4. The number of hydrogen-bond donors (Lipinski definition) is 0. The molecular formula is C20H20Si. The van der Waals surface area contributed by atoms with Gasteiger partial charge in [-0.15, -0.1) is 0 Å². The van der Waals surface area contributed by atoms with E-state index in [1.165, 1.54) is 22.3 Å². The van der Waals surface area contributed by atoms with Crippen molar-refractivity contribution in [2.24, 2.45) is 0 Å². The maximum atomic E-state index is 2.53. The summed E-state index contributed by atoms with van der Waals surface area (Å²) in [5.74, 6) is 0. The van der Waals surface area contributed by atoms with Gasteiger partial charge in [-0.25, -0.2) is 0 Å². The Balaban J connectivity index is 1.72. The monoisotopic (exact) mass is 288 g/mol. The van der Waals surface area contributed by atoms with Gasteiger partial charge in [0.25, 0.3) is 0 Å². The number of benzene rings is 2. The lowest BCUT2D eigenvalue weighted by molar-refractivity contribution is 1.13. The summed E-state index contributed by atoms with van der Waals surface area (Å²) in [4.78, 5) is 0. The average Bonchev–Trinajstić information content (AvgIpc) is 3.11. The quantitative estimate of drug-likeness (QED) is 0.664. The molecule has 1 heteroatoms. The topological polar surface area (TPSA) is 0 Å². The largest absolute Gasteiger partial charge is 0.0873 e. The summed E-state index contributed by atoms with van der Waals surface area (Å²) in [6.07, 6.45) is 8.39. The molecule has 0 nitrogen and oxygen atoms in total. The van der Waals surface area contributed by atoms with Crippen molar-refractivity contribution in [3.05, 3.63) is 82.1 Å². The average molecular weight is 288 g/mol. The Labute approximate surface area is 127 Å². The van der Waals surface area contributed by atoms with Gasteiger partial charge >= 0.3 is 0 Å². The minimum Gasteiger partial charge on any atom is -0.0788 e. The van der Waals surface area contributed by atoms with Crippen molar-refractivity contribution in [3.8, 4) is 0 Å². The molecule has 21 heavy (non-hydrogen) atoms. The van der Waals surface area contributed by atoms with E-state index in [0.717, 1.165) is 6.42 Å². The Bertz CT molecular complexity index is 765. The molecule has 2 aromatic rings. The van der Waals surface area contributed by atoms with Gasteiger partial charge in [0.2, 0.25) is 0 Å². The van der Waals surface area contributed by atoms with Crippen molar-refractivity contribution in [2.45, 2.75) is 25.1 Å². The normalized spacial score (nSPS) is 19.3. The van der Waals surface area contributed by atoms with Crippen molar-refractivity contribution in [2.75, 3.05) is 0 Å². The molecule has 0 aromatic heterocycles. The summed E-state index contributed by atoms with van der Waals surface area (Å²) < 4.78 is 0. The highest BCUT2D eigenvalue weighted by molar-refractivity contribution is 6.86. The minimum absolute atomic E-state index is 0.620. The van der Waals surface area contributed by atoms with E-state index in [4.69, 9.17) is 0 Å². The third-order valence-electron chi connectivity index (χ3n) is 5.17. The van der Waals surface area contributed by atoms with Gasteiger partial charge in [0.15, 0.2) is 0 Å². The zero-order valence-electron chi connectivity index (χ0n) is 12.6. The Morgan fingerprint density at radius 3 is 2.43 bits per heavy atom. The second kappa shape index (κ2) is 4.57. The second-order valence-electron chi connectivity index (χ2n) is 6.73. The van der Waals surface area contributed by atoms with Crippen LogP contribution >= 0.6 is 0 Å². The second-order valence-corrected chi connectivity index (χ2v) is 11.4. The molecule has 0 heterocycles. The molecule has 2 aliphatic rings. The van der Waals surface area contributed by atoms with Gasteiger partial charge < -0.3 is 0 Å². The van der Waals surface area contributed by atoms with Crippen LogP contribution in [0.5, 0.6) is 0 Å². The zero-order valence-corrected chi connectivity index (χ0v) is 13.6. The van der Waals surface area contributed by atoms with Gasteiger partial charge in [0.1, 0.15) is 0 Å². The molecule has 0 fully saturated rings. The number of hydrogen-bond acceptors (Lipinski definition) is 0. The van der Waals surface area contributed by atoms with Crippen LogP contribution in [0.4, 0.5) is 0 Å². The van der Waals surface area contributed by atoms with Crippen molar-refractivity contribution in [1.29, 1.82) is 0 Å². The molecule has 104 valence electrons. The van der Waals surface area contributed by atoms with E-state index >= 15 is 0 Å². The molecule has 1 unspecified atom stereocenters. The maximum Gasteiger partial charge on any atom is 0.0873 e. The van der Waals surface area contributed by atoms with Crippen LogP contribution in [-0.2, 0) is 6.42 Å². The van der Waals surface area contributed by atoms with E-state index in [0.29, 0.717) is 5.54 Å². The van der Waals surface area contributed by atoms with Crippen LogP contribution in [0.2, 0.25) is 13.1 Å². The van der Waals surface area contributed by atoms with Gasteiger partial charge in [-0.2, -0.15) is 0 Å². The van der Waals surface area contributed by atoms with Crippen LogP contribution in [0, 0.1) is 0 Å². The van der Waals surface area contributed by atoms with Crippen LogP contribution in [0.15, 0.2) is 59.8 Å². The van der Waals surface area contributed by atoms with E-state index in [9.17, 15) is 0 Å². The lowest BCUT2D eigenvalue weighted by Gasteiger charge is -2.31. The molecule has 0 bridgehead atoms. The van der Waals surface area contributed by atoms with Gasteiger partial charge in [0.05, 0.1) is 8.07 Å². The first-order chi connectivity index (χ1) is 10.2. The first-order valence-electron chi connectivity index (χ1n) is 7.72. The van der Waals surface area contributed by atoms with Crippen LogP contribution in [0.3, 0.4) is 0 Å². The van der Waals surface area contributed by atoms with E-state index in [1.807, 2.05) is 0 Å². The SMILES string of the molecule is C[Si](C)(C1=Cc2ccccc2C1)C1C=Cc2ccccc21. The Morgan fingerprint density at radius 1 is 0.905 bits per heavy atom. The smallest absolute Gasteiger partial charge is 0.0788 e. The van der Waals surface area contributed by atoms with Gasteiger partial charge in [-0.1, -0.05) is 85.0 Å². The standard InChI is InChI=1S/C20H20Si/c1-21(2,18-13-16-8-3-4-9-17(16)14-18)20-12-11-15-7-5-6-10-19(15)20/h3-13,20H,14H2,1-2H3. The number of allylic oxidation sites excluding steroid dienone is 2. The highest BCUT2D eigenvalue weighted by atomic mass is 28.3. The molecule has 2 aromatic carbocycles. The molecule has 0 saturated heterocycles. The molecule has 0 amide bonds. The van der Waals surface area contributed by atoms with Crippen molar-refractivity contribution < 1.29 is 0 Å². The molecule has 0 saturated carbocycles. The fourth-order valence-electron chi connectivity index (χ4n) is 3.77. The number of rotatable bonds is 2. The van der Waals surface area contributed by atoms with E-state index in [2.05, 4.69) is 79.9 Å². The van der Waals surface area contributed by atoms with Crippen LogP contribution in [0.25, 0.3) is 12.2 Å². The van der Waals surface area contributed by atoms with Crippen molar-refractivity contribution >= 4 is 20.2 Å². The molecular weight excluding hydrogens is 268 g/mol. The van der Waals surface area contributed by atoms with Gasteiger partial charge in [0, 0.05) is 5.54 Å². The molecule has 1 atom stereocenters.